The summed E-state index contributed by atoms with van der Waals surface area (Å²) in [5, 5.41) is 4.15. The van der Waals surface area contributed by atoms with Crippen LogP contribution in [-0.2, 0) is 11.3 Å². The van der Waals surface area contributed by atoms with Gasteiger partial charge in [-0.25, -0.2) is 0 Å². The van der Waals surface area contributed by atoms with Gasteiger partial charge in [0.1, 0.15) is 0 Å². The number of hydrogen-bond acceptors (Lipinski definition) is 3. The van der Waals surface area contributed by atoms with Gasteiger partial charge in [-0.1, -0.05) is 23.7 Å². The summed E-state index contributed by atoms with van der Waals surface area (Å²) in [6.45, 7) is 4.89. The van der Waals surface area contributed by atoms with Crippen LogP contribution in [-0.4, -0.2) is 45.3 Å². The molecule has 1 aromatic carbocycles. The van der Waals surface area contributed by atoms with E-state index in [4.69, 9.17) is 16.3 Å². The van der Waals surface area contributed by atoms with Crippen molar-refractivity contribution in [2.45, 2.75) is 19.4 Å². The zero-order chi connectivity index (χ0) is 14.4. The zero-order valence-corrected chi connectivity index (χ0v) is 13.2. The van der Waals surface area contributed by atoms with Crippen LogP contribution in [0.4, 0.5) is 0 Å². The van der Waals surface area contributed by atoms with E-state index in [1.807, 2.05) is 19.2 Å². The fraction of sp³-hybridized carbons (Fsp3) is 0.625. The van der Waals surface area contributed by atoms with Crippen LogP contribution < -0.4 is 5.32 Å². The molecule has 1 N–H and O–H groups in total. The zero-order valence-electron chi connectivity index (χ0n) is 12.5. The molecule has 1 aliphatic heterocycles. The molecular weight excluding hydrogens is 272 g/mol. The lowest BCUT2D eigenvalue weighted by atomic mass is 9.79. The van der Waals surface area contributed by atoms with E-state index in [-0.39, 0.29) is 0 Å². The normalized spacial score (nSPS) is 18.4. The highest BCUT2D eigenvalue weighted by molar-refractivity contribution is 6.30. The second kappa shape index (κ2) is 7.41. The van der Waals surface area contributed by atoms with E-state index in [0.29, 0.717) is 5.41 Å². The third-order valence-electron chi connectivity index (χ3n) is 4.08. The first kappa shape index (κ1) is 15.8. The van der Waals surface area contributed by atoms with Crippen molar-refractivity contribution >= 4 is 11.6 Å². The van der Waals surface area contributed by atoms with E-state index in [1.165, 1.54) is 5.56 Å². The van der Waals surface area contributed by atoms with E-state index >= 15 is 0 Å². The number of nitrogens with zero attached hydrogens (tertiary/aromatic N) is 1. The van der Waals surface area contributed by atoms with Crippen molar-refractivity contribution in [1.82, 2.24) is 10.2 Å². The van der Waals surface area contributed by atoms with Gasteiger partial charge in [0.2, 0.25) is 0 Å². The molecule has 0 radical (unpaired) electrons. The average Bonchev–Trinajstić information content (AvgIpc) is 2.42. The van der Waals surface area contributed by atoms with Crippen LogP contribution in [0, 0.1) is 5.41 Å². The molecule has 1 aromatic rings. The van der Waals surface area contributed by atoms with E-state index < -0.39 is 0 Å². The summed E-state index contributed by atoms with van der Waals surface area (Å²) < 4.78 is 5.52. The van der Waals surface area contributed by atoms with Gasteiger partial charge in [0.15, 0.2) is 0 Å². The Balaban J connectivity index is 1.93. The molecule has 1 heterocycles. The summed E-state index contributed by atoms with van der Waals surface area (Å²) in [7, 11) is 4.23. The molecule has 3 nitrogen and oxygen atoms in total. The van der Waals surface area contributed by atoms with Crippen molar-refractivity contribution in [3.8, 4) is 0 Å². The Morgan fingerprint density at radius 2 is 1.90 bits per heavy atom. The van der Waals surface area contributed by atoms with Gasteiger partial charge in [-0.2, -0.15) is 0 Å². The van der Waals surface area contributed by atoms with Gasteiger partial charge in [0.25, 0.3) is 0 Å². The minimum atomic E-state index is 0.341. The van der Waals surface area contributed by atoms with Crippen LogP contribution in [0.15, 0.2) is 24.3 Å². The van der Waals surface area contributed by atoms with Crippen molar-refractivity contribution in [2.24, 2.45) is 5.41 Å². The van der Waals surface area contributed by atoms with Gasteiger partial charge in [0.05, 0.1) is 0 Å². The van der Waals surface area contributed by atoms with Crippen LogP contribution in [0.3, 0.4) is 0 Å². The van der Waals surface area contributed by atoms with Crippen molar-refractivity contribution < 1.29 is 4.74 Å². The monoisotopic (exact) mass is 296 g/mol. The summed E-state index contributed by atoms with van der Waals surface area (Å²) in [4.78, 5) is 2.41. The second-order valence-corrected chi connectivity index (χ2v) is 6.38. The third-order valence-corrected chi connectivity index (χ3v) is 4.33. The minimum Gasteiger partial charge on any atom is -0.381 e. The molecule has 0 bridgehead atoms. The van der Waals surface area contributed by atoms with Crippen molar-refractivity contribution in [3.05, 3.63) is 34.9 Å². The molecule has 0 saturated carbocycles. The van der Waals surface area contributed by atoms with Gasteiger partial charge in [-0.05, 0) is 50.0 Å². The molecule has 0 unspecified atom stereocenters. The highest BCUT2D eigenvalue weighted by Gasteiger charge is 2.33. The summed E-state index contributed by atoms with van der Waals surface area (Å²) in [6.07, 6.45) is 2.28. The predicted molar refractivity (Wildman–Crippen MR) is 84.2 cm³/mol. The first-order chi connectivity index (χ1) is 9.63. The third kappa shape index (κ3) is 4.45. The highest BCUT2D eigenvalue weighted by atomic mass is 35.5. The smallest absolute Gasteiger partial charge is 0.0472 e. The Morgan fingerprint density at radius 1 is 1.25 bits per heavy atom. The largest absolute Gasteiger partial charge is 0.381 e. The fourth-order valence-corrected chi connectivity index (χ4v) is 3.23. The fourth-order valence-electron chi connectivity index (χ4n) is 3.10. The first-order valence-electron chi connectivity index (χ1n) is 7.29. The van der Waals surface area contributed by atoms with Crippen molar-refractivity contribution in [2.75, 3.05) is 40.4 Å². The van der Waals surface area contributed by atoms with Crippen LogP contribution >= 0.6 is 11.6 Å². The van der Waals surface area contributed by atoms with Crippen LogP contribution in [0.25, 0.3) is 0 Å². The molecule has 0 amide bonds. The lowest BCUT2D eigenvalue weighted by Gasteiger charge is -2.40. The SMILES string of the molecule is CNCC1(CN(C)Cc2ccc(Cl)cc2)CCOCC1. The molecule has 0 aliphatic carbocycles. The quantitative estimate of drug-likeness (QED) is 0.874. The Labute approximate surface area is 127 Å². The molecular formula is C16H25ClN2O. The maximum Gasteiger partial charge on any atom is 0.0472 e. The van der Waals surface area contributed by atoms with Gasteiger partial charge >= 0.3 is 0 Å². The van der Waals surface area contributed by atoms with E-state index in [9.17, 15) is 0 Å². The molecule has 1 saturated heterocycles. The predicted octanol–water partition coefficient (Wildman–Crippen LogP) is 2.79. The Bertz CT molecular complexity index is 396. The number of halogens is 1. The Hall–Kier alpha value is -0.610. The summed E-state index contributed by atoms with van der Waals surface area (Å²) in [5.74, 6) is 0. The lowest BCUT2D eigenvalue weighted by molar-refractivity contribution is -0.000734. The lowest BCUT2D eigenvalue weighted by Crippen LogP contribution is -2.45. The number of ether oxygens (including phenoxy) is 1. The molecule has 2 rings (SSSR count). The van der Waals surface area contributed by atoms with E-state index in [1.54, 1.807) is 0 Å². The van der Waals surface area contributed by atoms with Crippen LogP contribution in [0.2, 0.25) is 5.02 Å². The number of hydrogen-bond donors (Lipinski definition) is 1. The Kier molecular flexibility index (Phi) is 5.85. The second-order valence-electron chi connectivity index (χ2n) is 5.94. The average molecular weight is 297 g/mol. The summed E-state index contributed by atoms with van der Waals surface area (Å²) in [5.41, 5.74) is 1.65. The minimum absolute atomic E-state index is 0.341. The van der Waals surface area contributed by atoms with Gasteiger partial charge < -0.3 is 15.0 Å². The molecule has 0 aromatic heterocycles. The molecule has 112 valence electrons. The summed E-state index contributed by atoms with van der Waals surface area (Å²) in [6, 6.07) is 8.13. The van der Waals surface area contributed by atoms with Crippen LogP contribution in [0.5, 0.6) is 0 Å². The topological polar surface area (TPSA) is 24.5 Å². The maximum atomic E-state index is 5.93. The van der Waals surface area contributed by atoms with Crippen LogP contribution in [0.1, 0.15) is 18.4 Å². The van der Waals surface area contributed by atoms with Crippen molar-refractivity contribution in [1.29, 1.82) is 0 Å². The number of benzene rings is 1. The number of rotatable bonds is 6. The van der Waals surface area contributed by atoms with Crippen molar-refractivity contribution in [3.63, 3.8) is 0 Å². The molecule has 0 spiro atoms. The molecule has 20 heavy (non-hydrogen) atoms. The molecule has 1 fully saturated rings. The van der Waals surface area contributed by atoms with Gasteiger partial charge in [-0.15, -0.1) is 0 Å². The standard InChI is InChI=1S/C16H25ClN2O/c1-18-12-16(7-9-20-10-8-16)13-19(2)11-14-3-5-15(17)6-4-14/h3-6,18H,7-13H2,1-2H3. The van der Waals surface area contributed by atoms with Gasteiger partial charge in [0, 0.05) is 37.9 Å². The maximum absolute atomic E-state index is 5.93. The highest BCUT2D eigenvalue weighted by Crippen LogP contribution is 2.31. The van der Waals surface area contributed by atoms with Gasteiger partial charge in [-0.3, -0.25) is 0 Å². The van der Waals surface area contributed by atoms with E-state index in [0.717, 1.165) is 50.7 Å². The summed E-state index contributed by atoms with van der Waals surface area (Å²) >= 11 is 5.93. The first-order valence-corrected chi connectivity index (χ1v) is 7.67. The molecule has 4 heteroatoms. The number of nitrogens with one attached hydrogen (secondary N) is 1. The van der Waals surface area contributed by atoms with E-state index in [2.05, 4.69) is 29.4 Å². The molecule has 0 atom stereocenters. The molecule has 1 aliphatic rings. The Morgan fingerprint density at radius 3 is 2.50 bits per heavy atom.